The van der Waals surface area contributed by atoms with Crippen LogP contribution < -0.4 is 5.32 Å². The Labute approximate surface area is 177 Å². The number of aromatic nitrogens is 1. The summed E-state index contributed by atoms with van der Waals surface area (Å²) in [5.41, 5.74) is 0.921. The molecule has 6 heteroatoms. The van der Waals surface area contributed by atoms with E-state index in [-0.39, 0.29) is 17.9 Å². The second kappa shape index (κ2) is 8.13. The van der Waals surface area contributed by atoms with Gasteiger partial charge in [0.1, 0.15) is 11.2 Å². The second-order valence-electron chi connectivity index (χ2n) is 9.36. The van der Waals surface area contributed by atoms with Gasteiger partial charge in [-0.3, -0.25) is 9.59 Å². The maximum atomic E-state index is 13.6. The number of carbonyl (C=O) groups is 2. The van der Waals surface area contributed by atoms with Gasteiger partial charge in [-0.2, -0.15) is 0 Å². The van der Waals surface area contributed by atoms with E-state index in [0.29, 0.717) is 19.0 Å². The fourth-order valence-corrected chi connectivity index (χ4v) is 5.60. The standard InChI is InChI=1S/C23H33N3O2S/c1-16(2)10-12-26-21(27)19-14-20-18(11-13-29-20)25(19)15-23(26,3)22(28)24-17-8-6-4-5-7-9-17/h11,13-14,16-17H,4-10,12,15H2,1-3H3,(H,24,28)/t23-/m1/s1. The molecule has 1 aliphatic carbocycles. The minimum absolute atomic E-state index is 0.00392. The molecule has 0 unspecified atom stereocenters. The molecule has 0 spiro atoms. The molecule has 0 saturated heterocycles. The Hall–Kier alpha value is -1.82. The summed E-state index contributed by atoms with van der Waals surface area (Å²) in [7, 11) is 0. The third-order valence-electron chi connectivity index (χ3n) is 6.66. The first-order valence-electron chi connectivity index (χ1n) is 11.1. The lowest BCUT2D eigenvalue weighted by atomic mass is 9.92. The zero-order chi connectivity index (χ0) is 20.6. The largest absolute Gasteiger partial charge is 0.351 e. The third kappa shape index (κ3) is 3.83. The van der Waals surface area contributed by atoms with Crippen LogP contribution in [0.3, 0.4) is 0 Å². The molecular weight excluding hydrogens is 382 g/mol. The molecular formula is C23H33N3O2S. The van der Waals surface area contributed by atoms with Gasteiger partial charge in [-0.05, 0) is 49.6 Å². The number of hydrogen-bond acceptors (Lipinski definition) is 3. The monoisotopic (exact) mass is 415 g/mol. The zero-order valence-electron chi connectivity index (χ0n) is 17.9. The molecule has 2 aromatic heterocycles. The molecule has 4 rings (SSSR count). The lowest BCUT2D eigenvalue weighted by molar-refractivity contribution is -0.133. The van der Waals surface area contributed by atoms with Gasteiger partial charge >= 0.3 is 0 Å². The zero-order valence-corrected chi connectivity index (χ0v) is 18.7. The summed E-state index contributed by atoms with van der Waals surface area (Å²) in [6.07, 6.45) is 7.85. The quantitative estimate of drug-likeness (QED) is 0.713. The highest BCUT2D eigenvalue weighted by molar-refractivity contribution is 7.17. The van der Waals surface area contributed by atoms with Gasteiger partial charge in [0.2, 0.25) is 5.91 Å². The topological polar surface area (TPSA) is 54.3 Å². The first kappa shape index (κ1) is 20.5. The van der Waals surface area contributed by atoms with Crippen LogP contribution in [0.1, 0.15) is 76.2 Å². The molecule has 1 saturated carbocycles. The second-order valence-corrected chi connectivity index (χ2v) is 10.3. The number of hydrogen-bond donors (Lipinski definition) is 1. The van der Waals surface area contributed by atoms with E-state index < -0.39 is 5.54 Å². The minimum Gasteiger partial charge on any atom is -0.351 e. The summed E-state index contributed by atoms with van der Waals surface area (Å²) in [6, 6.07) is 4.29. The van der Waals surface area contributed by atoms with Crippen molar-refractivity contribution < 1.29 is 9.59 Å². The van der Waals surface area contributed by atoms with E-state index in [9.17, 15) is 9.59 Å². The predicted molar refractivity (Wildman–Crippen MR) is 118 cm³/mol. The van der Waals surface area contributed by atoms with Gasteiger partial charge in [-0.15, -0.1) is 11.3 Å². The number of amides is 2. The Morgan fingerprint density at radius 2 is 2.00 bits per heavy atom. The first-order chi connectivity index (χ1) is 13.9. The van der Waals surface area contributed by atoms with Gasteiger partial charge in [-0.1, -0.05) is 39.5 Å². The first-order valence-corrected chi connectivity index (χ1v) is 12.0. The van der Waals surface area contributed by atoms with E-state index in [2.05, 4.69) is 35.2 Å². The normalized spacial score (nSPS) is 23.4. The van der Waals surface area contributed by atoms with Crippen molar-refractivity contribution in [3.63, 3.8) is 0 Å². The van der Waals surface area contributed by atoms with E-state index in [1.54, 1.807) is 11.3 Å². The summed E-state index contributed by atoms with van der Waals surface area (Å²) in [5, 5.41) is 5.38. The van der Waals surface area contributed by atoms with Crippen molar-refractivity contribution in [3.8, 4) is 0 Å². The van der Waals surface area contributed by atoms with Crippen LogP contribution in [0.4, 0.5) is 0 Å². The summed E-state index contributed by atoms with van der Waals surface area (Å²) in [5.74, 6) is 0.470. The molecule has 1 atom stereocenters. The maximum Gasteiger partial charge on any atom is 0.271 e. The number of carbonyl (C=O) groups excluding carboxylic acids is 2. The summed E-state index contributed by atoms with van der Waals surface area (Å²) < 4.78 is 3.18. The van der Waals surface area contributed by atoms with Gasteiger partial charge in [0, 0.05) is 12.6 Å². The third-order valence-corrected chi connectivity index (χ3v) is 7.51. The summed E-state index contributed by atoms with van der Waals surface area (Å²) >= 11 is 1.65. The number of nitrogens with zero attached hydrogens (tertiary/aromatic N) is 2. The van der Waals surface area contributed by atoms with Crippen molar-refractivity contribution in [2.75, 3.05) is 6.54 Å². The molecule has 3 heterocycles. The van der Waals surface area contributed by atoms with Crippen LogP contribution in [0.2, 0.25) is 0 Å². The molecule has 2 aliphatic rings. The fraction of sp³-hybridized carbons (Fsp3) is 0.652. The molecule has 29 heavy (non-hydrogen) atoms. The average Bonchev–Trinajstić information content (AvgIpc) is 3.16. The molecule has 158 valence electrons. The maximum absolute atomic E-state index is 13.6. The van der Waals surface area contributed by atoms with Gasteiger partial charge in [0.15, 0.2) is 0 Å². The number of thiophene rings is 1. The van der Waals surface area contributed by atoms with E-state index in [4.69, 9.17) is 0 Å². The minimum atomic E-state index is -0.862. The molecule has 2 aromatic rings. The van der Waals surface area contributed by atoms with Crippen molar-refractivity contribution >= 4 is 33.4 Å². The van der Waals surface area contributed by atoms with Crippen LogP contribution in [-0.2, 0) is 11.3 Å². The Morgan fingerprint density at radius 3 is 2.69 bits per heavy atom. The average molecular weight is 416 g/mol. The highest BCUT2D eigenvalue weighted by Gasteiger charge is 2.48. The van der Waals surface area contributed by atoms with Crippen LogP contribution in [0.15, 0.2) is 17.5 Å². The molecule has 5 nitrogen and oxygen atoms in total. The van der Waals surface area contributed by atoms with Crippen LogP contribution in [-0.4, -0.2) is 39.4 Å². The Bertz CT molecular complexity index is 891. The number of fused-ring (bicyclic) bond motifs is 3. The van der Waals surface area contributed by atoms with Gasteiger partial charge in [0.25, 0.3) is 5.91 Å². The molecule has 1 N–H and O–H groups in total. The molecule has 0 aromatic carbocycles. The Balaban J connectivity index is 1.66. The molecule has 1 aliphatic heterocycles. The lowest BCUT2D eigenvalue weighted by Crippen LogP contribution is -2.65. The van der Waals surface area contributed by atoms with Crippen molar-refractivity contribution in [3.05, 3.63) is 23.2 Å². The van der Waals surface area contributed by atoms with E-state index >= 15 is 0 Å². The van der Waals surface area contributed by atoms with Gasteiger partial charge < -0.3 is 14.8 Å². The van der Waals surface area contributed by atoms with E-state index in [1.807, 2.05) is 17.9 Å². The van der Waals surface area contributed by atoms with Crippen LogP contribution >= 0.6 is 11.3 Å². The van der Waals surface area contributed by atoms with Crippen molar-refractivity contribution in [2.45, 2.75) is 83.8 Å². The fourth-order valence-electron chi connectivity index (χ4n) is 4.77. The molecule has 2 amide bonds. The Kier molecular flexibility index (Phi) is 5.74. The van der Waals surface area contributed by atoms with E-state index in [1.165, 1.54) is 25.7 Å². The Morgan fingerprint density at radius 1 is 1.28 bits per heavy atom. The highest BCUT2D eigenvalue weighted by atomic mass is 32.1. The van der Waals surface area contributed by atoms with Crippen LogP contribution in [0.25, 0.3) is 10.2 Å². The van der Waals surface area contributed by atoms with Crippen molar-refractivity contribution in [2.24, 2.45) is 5.92 Å². The summed E-state index contributed by atoms with van der Waals surface area (Å²) in [6.45, 7) is 7.42. The molecule has 1 fully saturated rings. The van der Waals surface area contributed by atoms with Gasteiger partial charge in [-0.25, -0.2) is 0 Å². The number of rotatable bonds is 5. The van der Waals surface area contributed by atoms with Crippen LogP contribution in [0, 0.1) is 5.92 Å². The highest BCUT2D eigenvalue weighted by Crippen LogP contribution is 2.35. The van der Waals surface area contributed by atoms with E-state index in [0.717, 1.165) is 35.2 Å². The molecule has 0 radical (unpaired) electrons. The van der Waals surface area contributed by atoms with Crippen molar-refractivity contribution in [1.82, 2.24) is 14.8 Å². The molecule has 0 bridgehead atoms. The van der Waals surface area contributed by atoms with Crippen LogP contribution in [0.5, 0.6) is 0 Å². The summed E-state index contributed by atoms with van der Waals surface area (Å²) in [4.78, 5) is 28.9. The number of nitrogens with one attached hydrogen (secondary N) is 1. The van der Waals surface area contributed by atoms with Gasteiger partial charge in [0.05, 0.1) is 16.8 Å². The predicted octanol–water partition coefficient (Wildman–Crippen LogP) is 4.80. The SMILES string of the molecule is CC(C)CCN1C(=O)c2cc3sccc3n2C[C@]1(C)C(=O)NC1CCCCCC1. The lowest BCUT2D eigenvalue weighted by Gasteiger charge is -2.45. The van der Waals surface area contributed by atoms with Crippen molar-refractivity contribution in [1.29, 1.82) is 0 Å². The smallest absolute Gasteiger partial charge is 0.271 e.